The van der Waals surface area contributed by atoms with Gasteiger partial charge in [0.1, 0.15) is 5.82 Å². The van der Waals surface area contributed by atoms with Gasteiger partial charge < -0.3 is 15.5 Å². The molecule has 5 nitrogen and oxygen atoms in total. The molecule has 2 aromatic rings. The third-order valence-electron chi connectivity index (χ3n) is 4.11. The Balaban J connectivity index is 1.97. The Labute approximate surface area is 156 Å². The topological polar surface area (TPSA) is 57.3 Å². The third-order valence-corrected chi connectivity index (χ3v) is 4.11. The van der Waals surface area contributed by atoms with E-state index in [2.05, 4.69) is 53.4 Å². The fourth-order valence-electron chi connectivity index (χ4n) is 2.54. The molecule has 0 saturated heterocycles. The smallest absolute Gasteiger partial charge is 0.251 e. The summed E-state index contributed by atoms with van der Waals surface area (Å²) in [7, 11) is 4.05. The fourth-order valence-corrected chi connectivity index (χ4v) is 2.54. The SMILES string of the molecule is CN(C)CCCNC(=O)c1ccnc(Nc2ccc(C(C)(C)C)cc2)c1. The van der Waals surface area contributed by atoms with Crippen molar-refractivity contribution in [3.63, 3.8) is 0 Å². The zero-order chi connectivity index (χ0) is 19.2. The molecule has 2 N–H and O–H groups in total. The van der Waals surface area contributed by atoms with Gasteiger partial charge in [-0.25, -0.2) is 4.98 Å². The quantitative estimate of drug-likeness (QED) is 0.743. The average molecular weight is 354 g/mol. The number of rotatable bonds is 7. The van der Waals surface area contributed by atoms with Gasteiger partial charge in [-0.05, 0) is 62.3 Å². The lowest BCUT2D eigenvalue weighted by molar-refractivity contribution is 0.0952. The first kappa shape index (κ1) is 19.9. The highest BCUT2D eigenvalue weighted by atomic mass is 16.1. The molecule has 0 bridgehead atoms. The number of pyridine rings is 1. The normalized spacial score (nSPS) is 11.5. The Morgan fingerprint density at radius 2 is 1.81 bits per heavy atom. The molecule has 1 amide bonds. The van der Waals surface area contributed by atoms with Crippen LogP contribution in [0.3, 0.4) is 0 Å². The molecule has 1 aromatic heterocycles. The van der Waals surface area contributed by atoms with Crippen LogP contribution in [0, 0.1) is 0 Å². The Kier molecular flexibility index (Phi) is 6.75. The van der Waals surface area contributed by atoms with Gasteiger partial charge in [-0.1, -0.05) is 32.9 Å². The van der Waals surface area contributed by atoms with Crippen LogP contribution < -0.4 is 10.6 Å². The number of benzene rings is 1. The summed E-state index contributed by atoms with van der Waals surface area (Å²) in [5.74, 6) is 0.590. The van der Waals surface area contributed by atoms with Gasteiger partial charge in [0, 0.05) is 24.0 Å². The summed E-state index contributed by atoms with van der Waals surface area (Å²) < 4.78 is 0. The van der Waals surface area contributed by atoms with Crippen LogP contribution in [-0.4, -0.2) is 43.0 Å². The molecular weight excluding hydrogens is 324 g/mol. The van der Waals surface area contributed by atoms with E-state index in [0.29, 0.717) is 17.9 Å². The summed E-state index contributed by atoms with van der Waals surface area (Å²) >= 11 is 0. The second kappa shape index (κ2) is 8.81. The third kappa shape index (κ3) is 6.15. The van der Waals surface area contributed by atoms with Crippen LogP contribution in [0.5, 0.6) is 0 Å². The zero-order valence-corrected chi connectivity index (χ0v) is 16.5. The highest BCUT2D eigenvalue weighted by Crippen LogP contribution is 2.24. The van der Waals surface area contributed by atoms with Gasteiger partial charge in [0.15, 0.2) is 0 Å². The van der Waals surface area contributed by atoms with Crippen molar-refractivity contribution in [3.8, 4) is 0 Å². The Bertz CT molecular complexity index is 718. The summed E-state index contributed by atoms with van der Waals surface area (Å²) in [4.78, 5) is 18.7. The van der Waals surface area contributed by atoms with Gasteiger partial charge in [-0.2, -0.15) is 0 Å². The van der Waals surface area contributed by atoms with Crippen LogP contribution in [0.2, 0.25) is 0 Å². The summed E-state index contributed by atoms with van der Waals surface area (Å²) in [6, 6.07) is 11.8. The van der Waals surface area contributed by atoms with Crippen LogP contribution in [0.4, 0.5) is 11.5 Å². The largest absolute Gasteiger partial charge is 0.352 e. The molecule has 0 spiro atoms. The molecule has 140 valence electrons. The van der Waals surface area contributed by atoms with Crippen molar-refractivity contribution in [2.75, 3.05) is 32.5 Å². The molecule has 0 aliphatic heterocycles. The second-order valence-corrected chi connectivity index (χ2v) is 7.79. The highest BCUT2D eigenvalue weighted by molar-refractivity contribution is 5.94. The second-order valence-electron chi connectivity index (χ2n) is 7.79. The molecule has 0 fully saturated rings. The van der Waals surface area contributed by atoms with E-state index in [0.717, 1.165) is 18.7 Å². The molecule has 0 aliphatic carbocycles. The molecule has 0 saturated carbocycles. The van der Waals surface area contributed by atoms with E-state index in [4.69, 9.17) is 0 Å². The first-order valence-electron chi connectivity index (χ1n) is 9.02. The standard InChI is InChI=1S/C21H30N4O/c1-21(2,3)17-7-9-18(10-8-17)24-19-15-16(11-13-22-19)20(26)23-12-6-14-25(4)5/h7-11,13,15H,6,12,14H2,1-5H3,(H,22,24)(H,23,26). The molecule has 1 aromatic carbocycles. The minimum Gasteiger partial charge on any atom is -0.352 e. The van der Waals surface area contributed by atoms with Crippen LogP contribution in [-0.2, 0) is 5.41 Å². The van der Waals surface area contributed by atoms with E-state index >= 15 is 0 Å². The molecular formula is C21H30N4O. The maximum absolute atomic E-state index is 12.3. The summed E-state index contributed by atoms with van der Waals surface area (Å²) in [5, 5.41) is 6.21. The zero-order valence-electron chi connectivity index (χ0n) is 16.5. The lowest BCUT2D eigenvalue weighted by atomic mass is 9.87. The van der Waals surface area contributed by atoms with Gasteiger partial charge in [-0.15, -0.1) is 0 Å². The first-order valence-corrected chi connectivity index (χ1v) is 9.02. The van der Waals surface area contributed by atoms with Crippen LogP contribution >= 0.6 is 0 Å². The summed E-state index contributed by atoms with van der Waals surface area (Å²) in [6.07, 6.45) is 2.58. The van der Waals surface area contributed by atoms with Gasteiger partial charge >= 0.3 is 0 Å². The minimum atomic E-state index is -0.0720. The van der Waals surface area contributed by atoms with Gasteiger partial charge in [0.05, 0.1) is 0 Å². The van der Waals surface area contributed by atoms with E-state index < -0.39 is 0 Å². The average Bonchev–Trinajstić information content (AvgIpc) is 2.58. The number of nitrogens with one attached hydrogen (secondary N) is 2. The van der Waals surface area contributed by atoms with Crippen molar-refractivity contribution < 1.29 is 4.79 Å². The number of hydrogen-bond acceptors (Lipinski definition) is 4. The summed E-state index contributed by atoms with van der Waals surface area (Å²) in [5.41, 5.74) is 2.97. The van der Waals surface area contributed by atoms with Gasteiger partial charge in [-0.3, -0.25) is 4.79 Å². The summed E-state index contributed by atoms with van der Waals surface area (Å²) in [6.45, 7) is 8.19. The van der Waals surface area contributed by atoms with Crippen molar-refractivity contribution in [2.24, 2.45) is 0 Å². The van der Waals surface area contributed by atoms with Gasteiger partial charge in [0.2, 0.25) is 0 Å². The lowest BCUT2D eigenvalue weighted by Gasteiger charge is -2.19. The Morgan fingerprint density at radius 3 is 2.42 bits per heavy atom. The van der Waals surface area contributed by atoms with E-state index in [-0.39, 0.29) is 11.3 Å². The maximum Gasteiger partial charge on any atom is 0.251 e. The van der Waals surface area contributed by atoms with Crippen molar-refractivity contribution in [1.82, 2.24) is 15.2 Å². The number of carbonyl (C=O) groups is 1. The highest BCUT2D eigenvalue weighted by Gasteiger charge is 2.13. The maximum atomic E-state index is 12.3. The predicted molar refractivity (Wildman–Crippen MR) is 108 cm³/mol. The van der Waals surface area contributed by atoms with E-state index in [1.165, 1.54) is 5.56 Å². The number of carbonyl (C=O) groups excluding carboxylic acids is 1. The van der Waals surface area contributed by atoms with Crippen LogP contribution in [0.15, 0.2) is 42.6 Å². The molecule has 26 heavy (non-hydrogen) atoms. The van der Waals surface area contributed by atoms with E-state index in [9.17, 15) is 4.79 Å². The molecule has 0 unspecified atom stereocenters. The van der Waals surface area contributed by atoms with Crippen LogP contribution in [0.25, 0.3) is 0 Å². The Morgan fingerprint density at radius 1 is 1.12 bits per heavy atom. The Hall–Kier alpha value is -2.40. The van der Waals surface area contributed by atoms with E-state index in [1.807, 2.05) is 26.2 Å². The fraction of sp³-hybridized carbons (Fsp3) is 0.429. The van der Waals surface area contributed by atoms with Crippen molar-refractivity contribution in [3.05, 3.63) is 53.7 Å². The number of hydrogen-bond donors (Lipinski definition) is 2. The molecule has 0 atom stereocenters. The monoisotopic (exact) mass is 354 g/mol. The molecule has 1 heterocycles. The van der Waals surface area contributed by atoms with Crippen molar-refractivity contribution >= 4 is 17.4 Å². The van der Waals surface area contributed by atoms with Crippen molar-refractivity contribution in [2.45, 2.75) is 32.6 Å². The predicted octanol–water partition coefficient (Wildman–Crippen LogP) is 3.80. The number of nitrogens with zero attached hydrogens (tertiary/aromatic N) is 2. The van der Waals surface area contributed by atoms with Gasteiger partial charge in [0.25, 0.3) is 5.91 Å². The molecule has 5 heteroatoms. The first-order chi connectivity index (χ1) is 12.3. The van der Waals surface area contributed by atoms with E-state index in [1.54, 1.807) is 18.3 Å². The molecule has 0 radical (unpaired) electrons. The lowest BCUT2D eigenvalue weighted by Crippen LogP contribution is -2.27. The number of amides is 1. The molecule has 0 aliphatic rings. The van der Waals surface area contributed by atoms with Crippen LogP contribution in [0.1, 0.15) is 43.1 Å². The number of aromatic nitrogens is 1. The minimum absolute atomic E-state index is 0.0720. The molecule has 2 rings (SSSR count). The number of anilines is 2. The van der Waals surface area contributed by atoms with Crippen molar-refractivity contribution in [1.29, 1.82) is 0 Å².